The van der Waals surface area contributed by atoms with E-state index >= 15 is 0 Å². The van der Waals surface area contributed by atoms with Gasteiger partial charge in [0, 0.05) is 18.0 Å². The summed E-state index contributed by atoms with van der Waals surface area (Å²) in [6, 6.07) is 13.8. The molecule has 1 N–H and O–H groups in total. The second-order valence-corrected chi connectivity index (χ2v) is 9.80. The van der Waals surface area contributed by atoms with Crippen LogP contribution in [0.4, 0.5) is 4.39 Å². The van der Waals surface area contributed by atoms with Crippen molar-refractivity contribution in [2.24, 2.45) is 5.41 Å². The lowest BCUT2D eigenvalue weighted by Gasteiger charge is -2.42. The monoisotopic (exact) mass is 475 g/mol. The average Bonchev–Trinajstić information content (AvgIpc) is 3.38. The van der Waals surface area contributed by atoms with Crippen molar-refractivity contribution in [3.63, 3.8) is 0 Å². The summed E-state index contributed by atoms with van der Waals surface area (Å²) in [6.45, 7) is 2.14. The van der Waals surface area contributed by atoms with E-state index in [9.17, 15) is 14.3 Å². The van der Waals surface area contributed by atoms with E-state index in [0.717, 1.165) is 28.9 Å². The summed E-state index contributed by atoms with van der Waals surface area (Å²) >= 11 is 0. The fraction of sp³-hybridized carbons (Fsp3) is 0.357. The number of aromatic nitrogens is 2. The summed E-state index contributed by atoms with van der Waals surface area (Å²) in [7, 11) is 3.06. The molecule has 0 radical (unpaired) electrons. The van der Waals surface area contributed by atoms with Gasteiger partial charge in [0.05, 0.1) is 30.3 Å². The zero-order chi connectivity index (χ0) is 24.8. The summed E-state index contributed by atoms with van der Waals surface area (Å²) in [5.41, 5.74) is 4.24. The average molecular weight is 476 g/mol. The van der Waals surface area contributed by atoms with Gasteiger partial charge in [-0.25, -0.2) is 14.1 Å². The van der Waals surface area contributed by atoms with Crippen LogP contribution in [0.2, 0.25) is 0 Å². The van der Waals surface area contributed by atoms with Crippen LogP contribution in [0.5, 0.6) is 0 Å². The molecule has 0 saturated heterocycles. The van der Waals surface area contributed by atoms with Crippen molar-refractivity contribution in [2.75, 3.05) is 14.2 Å². The van der Waals surface area contributed by atoms with Crippen LogP contribution in [0.25, 0.3) is 11.8 Å². The van der Waals surface area contributed by atoms with Crippen LogP contribution in [0, 0.1) is 11.2 Å². The van der Waals surface area contributed by atoms with Crippen LogP contribution in [0.3, 0.4) is 0 Å². The molecule has 1 aromatic heterocycles. The second-order valence-electron chi connectivity index (χ2n) is 9.80. The van der Waals surface area contributed by atoms with E-state index in [2.05, 4.69) is 18.1 Å². The molecule has 0 bridgehead atoms. The number of amides is 1. The quantitative estimate of drug-likeness (QED) is 0.523. The largest absolute Gasteiger partial charge is 0.389 e. The summed E-state index contributed by atoms with van der Waals surface area (Å²) in [6.07, 6.45) is 7.27. The number of benzene rings is 2. The summed E-state index contributed by atoms with van der Waals surface area (Å²) in [5.74, 6) is -0.484. The molecule has 2 aliphatic rings. The number of carbonyl (C=O) groups is 1. The maximum Gasteiger partial charge on any atom is 0.277 e. The molecule has 1 fully saturated rings. The number of nitrogens with zero attached hydrogens (tertiary/aromatic N) is 3. The van der Waals surface area contributed by atoms with Gasteiger partial charge in [-0.1, -0.05) is 30.7 Å². The highest BCUT2D eigenvalue weighted by Crippen LogP contribution is 2.56. The van der Waals surface area contributed by atoms with E-state index in [4.69, 9.17) is 4.84 Å². The number of rotatable bonds is 6. The fourth-order valence-corrected chi connectivity index (χ4v) is 5.66. The molecule has 35 heavy (non-hydrogen) atoms. The fourth-order valence-electron chi connectivity index (χ4n) is 5.66. The van der Waals surface area contributed by atoms with Gasteiger partial charge in [-0.15, -0.1) is 0 Å². The maximum atomic E-state index is 13.4. The Morgan fingerprint density at radius 2 is 1.97 bits per heavy atom. The first kappa shape index (κ1) is 23.5. The Morgan fingerprint density at radius 1 is 1.23 bits per heavy atom. The smallest absolute Gasteiger partial charge is 0.277 e. The number of hydroxylamine groups is 2. The van der Waals surface area contributed by atoms with Crippen LogP contribution >= 0.6 is 0 Å². The lowest BCUT2D eigenvalue weighted by Crippen LogP contribution is -2.45. The van der Waals surface area contributed by atoms with Gasteiger partial charge in [0.1, 0.15) is 5.82 Å². The molecule has 0 spiro atoms. The van der Waals surface area contributed by atoms with Gasteiger partial charge in [-0.2, -0.15) is 5.10 Å². The Labute approximate surface area is 204 Å². The zero-order valence-electron chi connectivity index (χ0n) is 20.3. The van der Waals surface area contributed by atoms with Crippen molar-refractivity contribution in [1.29, 1.82) is 0 Å². The summed E-state index contributed by atoms with van der Waals surface area (Å²) in [4.78, 5) is 17.8. The van der Waals surface area contributed by atoms with Gasteiger partial charge in [-0.05, 0) is 79.6 Å². The van der Waals surface area contributed by atoms with E-state index in [-0.39, 0.29) is 11.7 Å². The Balaban J connectivity index is 1.40. The van der Waals surface area contributed by atoms with Gasteiger partial charge < -0.3 is 5.11 Å². The molecular weight excluding hydrogens is 445 g/mol. The molecule has 2 aliphatic carbocycles. The minimum atomic E-state index is -0.905. The highest BCUT2D eigenvalue weighted by Gasteiger charge is 2.54. The first-order valence-electron chi connectivity index (χ1n) is 11.9. The zero-order valence-corrected chi connectivity index (χ0v) is 20.3. The SMILES string of the molecule is CON(C)C(=O)c1ccccc1CC[C@]1(O)CCC2=Cc3c(cnn3-c3ccc(F)cc3)C[C@@]21C. The van der Waals surface area contributed by atoms with Crippen molar-refractivity contribution >= 4 is 12.0 Å². The topological polar surface area (TPSA) is 67.6 Å². The predicted molar refractivity (Wildman–Crippen MR) is 131 cm³/mol. The van der Waals surface area contributed by atoms with Crippen molar-refractivity contribution < 1.29 is 19.1 Å². The minimum Gasteiger partial charge on any atom is -0.389 e. The minimum absolute atomic E-state index is 0.205. The highest BCUT2D eigenvalue weighted by molar-refractivity contribution is 5.94. The molecule has 2 aromatic carbocycles. The predicted octanol–water partition coefficient (Wildman–Crippen LogP) is 4.75. The van der Waals surface area contributed by atoms with Crippen molar-refractivity contribution in [1.82, 2.24) is 14.8 Å². The number of hydrogen-bond donors (Lipinski definition) is 1. The number of aryl methyl sites for hydroxylation is 1. The van der Waals surface area contributed by atoms with Gasteiger partial charge in [-0.3, -0.25) is 9.63 Å². The molecule has 2 atom stereocenters. The Bertz CT molecular complexity index is 1300. The molecular formula is C28H30FN3O3. The first-order chi connectivity index (χ1) is 16.8. The lowest BCUT2D eigenvalue weighted by molar-refractivity contribution is -0.0758. The Morgan fingerprint density at radius 3 is 2.71 bits per heavy atom. The lowest BCUT2D eigenvalue weighted by atomic mass is 9.65. The molecule has 1 saturated carbocycles. The molecule has 6 nitrogen and oxygen atoms in total. The molecule has 0 unspecified atom stereocenters. The normalized spacial score (nSPS) is 22.9. The molecule has 1 amide bonds. The third kappa shape index (κ3) is 3.89. The third-order valence-electron chi connectivity index (χ3n) is 7.97. The number of aliphatic hydroxyl groups is 1. The van der Waals surface area contributed by atoms with Crippen LogP contribution in [0.15, 0.2) is 60.3 Å². The van der Waals surface area contributed by atoms with E-state index in [1.165, 1.54) is 29.9 Å². The van der Waals surface area contributed by atoms with Crippen LogP contribution in [-0.2, 0) is 17.7 Å². The van der Waals surface area contributed by atoms with Crippen LogP contribution in [0.1, 0.15) is 53.4 Å². The van der Waals surface area contributed by atoms with Crippen LogP contribution < -0.4 is 0 Å². The molecule has 0 aliphatic heterocycles. The molecule has 5 rings (SSSR count). The van der Waals surface area contributed by atoms with E-state index in [1.54, 1.807) is 25.2 Å². The maximum absolute atomic E-state index is 13.4. The molecule has 7 heteroatoms. The number of halogens is 1. The summed E-state index contributed by atoms with van der Waals surface area (Å²) < 4.78 is 15.2. The van der Waals surface area contributed by atoms with E-state index in [0.29, 0.717) is 31.2 Å². The molecule has 182 valence electrons. The Hall–Kier alpha value is -3.29. The van der Waals surface area contributed by atoms with E-state index < -0.39 is 11.0 Å². The van der Waals surface area contributed by atoms with Crippen molar-refractivity contribution in [2.45, 2.75) is 44.6 Å². The Kier molecular flexibility index (Phi) is 5.85. The van der Waals surface area contributed by atoms with Crippen LogP contribution in [-0.4, -0.2) is 45.6 Å². The van der Waals surface area contributed by atoms with Gasteiger partial charge in [0.25, 0.3) is 5.91 Å². The standard InChI is InChI=1S/C28H30FN3O3/c1-27-17-20-18-30-32(23-10-8-22(29)9-11-23)25(20)16-21(27)13-15-28(27,34)14-12-19-6-4-5-7-24(19)26(33)31(2)35-3/h4-11,16,18,34H,12-15,17H2,1-3H3/t27-,28-/m0/s1. The number of carbonyl (C=O) groups excluding carboxylic acids is 1. The van der Waals surface area contributed by atoms with Crippen molar-refractivity contribution in [3.8, 4) is 5.69 Å². The molecule has 3 aromatic rings. The van der Waals surface area contributed by atoms with Gasteiger partial charge in [0.15, 0.2) is 0 Å². The van der Waals surface area contributed by atoms with Gasteiger partial charge in [0.2, 0.25) is 0 Å². The molecule has 1 heterocycles. The second kappa shape index (κ2) is 8.73. The van der Waals surface area contributed by atoms with E-state index in [1.807, 2.05) is 29.1 Å². The first-order valence-corrected chi connectivity index (χ1v) is 11.9. The third-order valence-corrected chi connectivity index (χ3v) is 7.97. The summed E-state index contributed by atoms with van der Waals surface area (Å²) in [5, 5.41) is 17.7. The number of fused-ring (bicyclic) bond motifs is 2. The van der Waals surface area contributed by atoms with Crippen molar-refractivity contribution in [3.05, 3.63) is 88.5 Å². The van der Waals surface area contributed by atoms with Gasteiger partial charge >= 0.3 is 0 Å². The highest BCUT2D eigenvalue weighted by atomic mass is 19.1. The number of hydrogen-bond acceptors (Lipinski definition) is 4.